The zero-order valence-corrected chi connectivity index (χ0v) is 5.53. The van der Waals surface area contributed by atoms with Crippen molar-refractivity contribution in [1.82, 2.24) is 0 Å². The summed E-state index contributed by atoms with van der Waals surface area (Å²) >= 11 is 0. The zero-order valence-electron chi connectivity index (χ0n) is 5.53. The molecule has 2 aliphatic rings. The van der Waals surface area contributed by atoms with E-state index in [4.69, 9.17) is 0 Å². The molecule has 3 heteroatoms. The molecule has 2 fully saturated rings. The van der Waals surface area contributed by atoms with E-state index in [9.17, 15) is 15.0 Å². The van der Waals surface area contributed by atoms with Gasteiger partial charge in [-0.15, -0.1) is 0 Å². The van der Waals surface area contributed by atoms with E-state index in [1.54, 1.807) is 0 Å². The SMILES string of the molecule is O=C1C[C@H]2C[C@@H]1[C@H](O)[C@@H]2O. The number of hydrogen-bond acceptors (Lipinski definition) is 3. The molecule has 56 valence electrons. The summed E-state index contributed by atoms with van der Waals surface area (Å²) in [4.78, 5) is 10.9. The van der Waals surface area contributed by atoms with Crippen LogP contribution < -0.4 is 0 Å². The molecule has 0 unspecified atom stereocenters. The van der Waals surface area contributed by atoms with Crippen LogP contribution in [-0.2, 0) is 4.79 Å². The molecule has 2 rings (SSSR count). The molecule has 0 aliphatic heterocycles. The van der Waals surface area contributed by atoms with E-state index in [1.165, 1.54) is 0 Å². The van der Waals surface area contributed by atoms with Crippen LogP contribution in [0, 0.1) is 11.8 Å². The molecule has 2 saturated carbocycles. The van der Waals surface area contributed by atoms with Crippen LogP contribution in [-0.4, -0.2) is 28.2 Å². The highest BCUT2D eigenvalue weighted by molar-refractivity contribution is 5.85. The van der Waals surface area contributed by atoms with E-state index < -0.39 is 12.2 Å². The minimum absolute atomic E-state index is 0.0486. The van der Waals surface area contributed by atoms with Crippen molar-refractivity contribution in [3.63, 3.8) is 0 Å². The first kappa shape index (κ1) is 6.31. The monoisotopic (exact) mass is 142 g/mol. The number of aliphatic hydroxyl groups excluding tert-OH is 2. The van der Waals surface area contributed by atoms with Crippen LogP contribution in [0.2, 0.25) is 0 Å². The maximum Gasteiger partial charge on any atom is 0.139 e. The molecule has 0 spiro atoms. The molecule has 0 aromatic rings. The van der Waals surface area contributed by atoms with Crippen molar-refractivity contribution < 1.29 is 15.0 Å². The Kier molecular flexibility index (Phi) is 1.13. The van der Waals surface area contributed by atoms with Crippen molar-refractivity contribution >= 4 is 5.78 Å². The Balaban J connectivity index is 2.24. The highest BCUT2D eigenvalue weighted by Gasteiger charge is 2.51. The van der Waals surface area contributed by atoms with Crippen molar-refractivity contribution in [3.8, 4) is 0 Å². The van der Waals surface area contributed by atoms with Crippen LogP contribution in [0.3, 0.4) is 0 Å². The molecule has 4 atom stereocenters. The number of carbonyl (C=O) groups is 1. The molecule has 0 amide bonds. The summed E-state index contributed by atoms with van der Waals surface area (Å²) in [5, 5.41) is 18.4. The van der Waals surface area contributed by atoms with Crippen molar-refractivity contribution in [2.75, 3.05) is 0 Å². The van der Waals surface area contributed by atoms with Crippen LogP contribution >= 0.6 is 0 Å². The van der Waals surface area contributed by atoms with Gasteiger partial charge in [-0.2, -0.15) is 0 Å². The average Bonchev–Trinajstić information content (AvgIpc) is 2.36. The molecule has 0 aromatic heterocycles. The predicted octanol–water partition coefficient (Wildman–Crippen LogP) is -0.683. The van der Waals surface area contributed by atoms with E-state index in [0.717, 1.165) is 0 Å². The highest BCUT2D eigenvalue weighted by atomic mass is 16.3. The Labute approximate surface area is 58.7 Å². The summed E-state index contributed by atoms with van der Waals surface area (Å²) in [5.74, 6) is -0.0738. The summed E-state index contributed by atoms with van der Waals surface area (Å²) in [6.45, 7) is 0. The summed E-state index contributed by atoms with van der Waals surface area (Å²) < 4.78 is 0. The summed E-state index contributed by atoms with van der Waals surface area (Å²) in [5.41, 5.74) is 0. The van der Waals surface area contributed by atoms with E-state index >= 15 is 0 Å². The van der Waals surface area contributed by atoms with Crippen molar-refractivity contribution in [2.45, 2.75) is 25.0 Å². The number of aliphatic hydroxyl groups is 2. The number of hydrogen-bond donors (Lipinski definition) is 2. The molecular weight excluding hydrogens is 132 g/mol. The minimum Gasteiger partial charge on any atom is -0.390 e. The van der Waals surface area contributed by atoms with Crippen molar-refractivity contribution in [1.29, 1.82) is 0 Å². The maximum atomic E-state index is 10.9. The topological polar surface area (TPSA) is 57.5 Å². The van der Waals surface area contributed by atoms with Crippen LogP contribution in [0.4, 0.5) is 0 Å². The van der Waals surface area contributed by atoms with Gasteiger partial charge in [0.05, 0.1) is 12.2 Å². The van der Waals surface area contributed by atoms with Crippen molar-refractivity contribution in [2.24, 2.45) is 11.8 Å². The second kappa shape index (κ2) is 1.80. The molecule has 0 radical (unpaired) electrons. The third-order valence-corrected chi connectivity index (χ3v) is 2.68. The van der Waals surface area contributed by atoms with Crippen LogP contribution in [0.15, 0.2) is 0 Å². The summed E-state index contributed by atoms with van der Waals surface area (Å²) in [6.07, 6.45) is -0.238. The lowest BCUT2D eigenvalue weighted by Crippen LogP contribution is -2.36. The minimum atomic E-state index is -0.772. The number of ketones is 1. The first-order chi connectivity index (χ1) is 4.70. The van der Waals surface area contributed by atoms with Gasteiger partial charge >= 0.3 is 0 Å². The van der Waals surface area contributed by atoms with Crippen LogP contribution in [0.25, 0.3) is 0 Å². The van der Waals surface area contributed by atoms with Gasteiger partial charge in [-0.25, -0.2) is 0 Å². The van der Waals surface area contributed by atoms with Gasteiger partial charge < -0.3 is 10.2 Å². The Morgan fingerprint density at radius 3 is 2.40 bits per heavy atom. The number of Topliss-reactive ketones (excluding diaryl/α,β-unsaturated/α-hetero) is 1. The van der Waals surface area contributed by atoms with Gasteiger partial charge in [-0.3, -0.25) is 4.79 Å². The maximum absolute atomic E-state index is 10.9. The predicted molar refractivity (Wildman–Crippen MR) is 33.2 cm³/mol. The molecule has 2 bridgehead atoms. The van der Waals surface area contributed by atoms with Crippen LogP contribution in [0.1, 0.15) is 12.8 Å². The lowest BCUT2D eigenvalue weighted by atomic mass is 9.94. The Morgan fingerprint density at radius 1 is 1.30 bits per heavy atom. The molecule has 0 saturated heterocycles. The number of carbonyl (C=O) groups excluding carboxylic acids is 1. The molecule has 3 nitrogen and oxygen atoms in total. The van der Waals surface area contributed by atoms with Crippen LogP contribution in [0.5, 0.6) is 0 Å². The van der Waals surface area contributed by atoms with Gasteiger partial charge in [0, 0.05) is 12.3 Å². The molecule has 2 aliphatic carbocycles. The standard InChI is InChI=1S/C7H10O3/c8-5-2-3-1-4(5)7(10)6(3)9/h3-4,6-7,9-10H,1-2H2/t3-,4+,6-,7+/m1/s1. The quantitative estimate of drug-likeness (QED) is 0.471. The lowest BCUT2D eigenvalue weighted by molar-refractivity contribution is -0.129. The van der Waals surface area contributed by atoms with E-state index in [0.29, 0.717) is 12.8 Å². The Morgan fingerprint density at radius 2 is 2.00 bits per heavy atom. The van der Waals surface area contributed by atoms with Gasteiger partial charge in [0.1, 0.15) is 5.78 Å². The number of fused-ring (bicyclic) bond motifs is 2. The van der Waals surface area contributed by atoms with Gasteiger partial charge in [-0.1, -0.05) is 0 Å². The second-order valence-corrected chi connectivity index (χ2v) is 3.25. The second-order valence-electron chi connectivity index (χ2n) is 3.25. The molecule has 0 aromatic carbocycles. The largest absolute Gasteiger partial charge is 0.390 e. The van der Waals surface area contributed by atoms with E-state index in [-0.39, 0.29) is 17.6 Å². The third-order valence-electron chi connectivity index (χ3n) is 2.68. The fraction of sp³-hybridized carbons (Fsp3) is 0.857. The van der Waals surface area contributed by atoms with E-state index in [2.05, 4.69) is 0 Å². The van der Waals surface area contributed by atoms with Gasteiger partial charge in [0.25, 0.3) is 0 Å². The van der Waals surface area contributed by atoms with E-state index in [1.807, 2.05) is 0 Å². The van der Waals surface area contributed by atoms with Gasteiger partial charge in [-0.05, 0) is 12.3 Å². The number of rotatable bonds is 0. The summed E-state index contributed by atoms with van der Waals surface area (Å²) in [7, 11) is 0. The first-order valence-electron chi connectivity index (χ1n) is 3.59. The van der Waals surface area contributed by atoms with Gasteiger partial charge in [0.2, 0.25) is 0 Å². The highest BCUT2D eigenvalue weighted by Crippen LogP contribution is 2.42. The smallest absolute Gasteiger partial charge is 0.139 e. The average molecular weight is 142 g/mol. The Bertz CT molecular complexity index is 176. The lowest BCUT2D eigenvalue weighted by Gasteiger charge is -2.20. The Hall–Kier alpha value is -0.410. The van der Waals surface area contributed by atoms with Gasteiger partial charge in [0.15, 0.2) is 0 Å². The third kappa shape index (κ3) is 0.592. The molecule has 2 N–H and O–H groups in total. The van der Waals surface area contributed by atoms with Crippen molar-refractivity contribution in [3.05, 3.63) is 0 Å². The zero-order chi connectivity index (χ0) is 7.30. The normalized spacial score (nSPS) is 52.4. The molecule has 0 heterocycles. The fourth-order valence-corrected chi connectivity index (χ4v) is 2.06. The molecular formula is C7H10O3. The first-order valence-corrected chi connectivity index (χ1v) is 3.59. The molecule has 10 heavy (non-hydrogen) atoms. The summed E-state index contributed by atoms with van der Waals surface area (Å²) in [6, 6.07) is 0. The fourth-order valence-electron chi connectivity index (χ4n) is 2.06.